The Kier molecular flexibility index (Phi) is 3.98. The molecule has 0 fully saturated rings. The van der Waals surface area contributed by atoms with E-state index in [1.165, 1.54) is 5.56 Å². The van der Waals surface area contributed by atoms with Gasteiger partial charge in [-0.1, -0.05) is 32.9 Å². The van der Waals surface area contributed by atoms with Crippen LogP contribution in [0.2, 0.25) is 0 Å². The zero-order valence-corrected chi connectivity index (χ0v) is 11.0. The lowest BCUT2D eigenvalue weighted by Gasteiger charge is -2.21. The fourth-order valence-corrected chi connectivity index (χ4v) is 1.60. The Hall–Kier alpha value is -1.02. The van der Waals surface area contributed by atoms with Crippen molar-refractivity contribution in [3.63, 3.8) is 0 Å². The van der Waals surface area contributed by atoms with Crippen LogP contribution < -0.4 is 4.90 Å². The molecule has 0 radical (unpaired) electrons. The van der Waals surface area contributed by atoms with Gasteiger partial charge in [-0.3, -0.25) is 4.79 Å². The summed E-state index contributed by atoms with van der Waals surface area (Å²) < 4.78 is 0. The topological polar surface area (TPSA) is 20.3 Å². The lowest BCUT2D eigenvalue weighted by Crippen LogP contribution is -2.27. The molecule has 0 spiro atoms. The molecule has 1 rings (SSSR count). The van der Waals surface area contributed by atoms with E-state index >= 15 is 0 Å². The highest BCUT2D eigenvalue weighted by atomic mass is 35.5. The second kappa shape index (κ2) is 4.88. The Balaban J connectivity index is 2.91. The van der Waals surface area contributed by atoms with E-state index in [1.54, 1.807) is 11.9 Å². The Bertz CT molecular complexity index is 365. The van der Waals surface area contributed by atoms with Crippen LogP contribution in [0.1, 0.15) is 26.3 Å². The van der Waals surface area contributed by atoms with Crippen molar-refractivity contribution in [2.45, 2.75) is 26.2 Å². The molecule has 16 heavy (non-hydrogen) atoms. The van der Waals surface area contributed by atoms with E-state index in [9.17, 15) is 4.79 Å². The fourth-order valence-electron chi connectivity index (χ4n) is 1.42. The summed E-state index contributed by atoms with van der Waals surface area (Å²) in [6, 6.07) is 8.00. The van der Waals surface area contributed by atoms with Crippen molar-refractivity contribution in [1.82, 2.24) is 0 Å². The molecule has 0 aliphatic carbocycles. The van der Waals surface area contributed by atoms with Gasteiger partial charge in [-0.15, -0.1) is 11.6 Å². The van der Waals surface area contributed by atoms with Gasteiger partial charge in [0, 0.05) is 12.7 Å². The Labute approximate surface area is 102 Å². The van der Waals surface area contributed by atoms with Crippen molar-refractivity contribution in [2.75, 3.05) is 17.8 Å². The summed E-state index contributed by atoms with van der Waals surface area (Å²) in [5.41, 5.74) is 2.26. The Morgan fingerprint density at radius 3 is 2.12 bits per heavy atom. The van der Waals surface area contributed by atoms with E-state index < -0.39 is 0 Å². The molecular weight excluding hydrogens is 222 g/mol. The van der Waals surface area contributed by atoms with Crippen molar-refractivity contribution in [3.8, 4) is 0 Å². The monoisotopic (exact) mass is 239 g/mol. The highest BCUT2D eigenvalue weighted by Crippen LogP contribution is 2.24. The molecule has 1 aromatic carbocycles. The lowest BCUT2D eigenvalue weighted by molar-refractivity contribution is -0.116. The molecule has 0 bridgehead atoms. The summed E-state index contributed by atoms with van der Waals surface area (Å²) in [5, 5.41) is 0. The summed E-state index contributed by atoms with van der Waals surface area (Å²) in [6.45, 7) is 6.49. The molecule has 0 saturated heterocycles. The highest BCUT2D eigenvalue weighted by Gasteiger charge is 2.14. The first-order valence-electron chi connectivity index (χ1n) is 5.29. The number of carbonyl (C=O) groups is 1. The maximum absolute atomic E-state index is 11.4. The van der Waals surface area contributed by atoms with Gasteiger partial charge in [0.1, 0.15) is 5.88 Å². The average molecular weight is 240 g/mol. The molecule has 1 amide bonds. The second-order valence-electron chi connectivity index (χ2n) is 4.88. The molecule has 1 aromatic rings. The normalized spacial score (nSPS) is 11.3. The largest absolute Gasteiger partial charge is 0.314 e. The van der Waals surface area contributed by atoms with Crippen molar-refractivity contribution in [2.24, 2.45) is 0 Å². The van der Waals surface area contributed by atoms with E-state index in [0.29, 0.717) is 0 Å². The molecule has 0 unspecified atom stereocenters. The van der Waals surface area contributed by atoms with Crippen LogP contribution in [-0.2, 0) is 10.2 Å². The standard InChI is InChI=1S/C13H18ClNO/c1-13(2,3)10-5-7-11(8-6-10)15(4)12(16)9-14/h5-8H,9H2,1-4H3. The smallest absolute Gasteiger partial charge is 0.241 e. The third-order valence-corrected chi connectivity index (χ3v) is 2.84. The Morgan fingerprint density at radius 1 is 1.25 bits per heavy atom. The third-order valence-electron chi connectivity index (χ3n) is 2.61. The number of hydrogen-bond donors (Lipinski definition) is 0. The average Bonchev–Trinajstić information content (AvgIpc) is 2.26. The van der Waals surface area contributed by atoms with Crippen LogP contribution in [0.5, 0.6) is 0 Å². The SMILES string of the molecule is CN(C(=O)CCl)c1ccc(C(C)(C)C)cc1. The molecule has 0 heterocycles. The molecule has 0 aliphatic rings. The number of nitrogens with zero attached hydrogens (tertiary/aromatic N) is 1. The summed E-state index contributed by atoms with van der Waals surface area (Å²) >= 11 is 5.51. The zero-order valence-electron chi connectivity index (χ0n) is 10.2. The van der Waals surface area contributed by atoms with Crippen LogP contribution in [0.3, 0.4) is 0 Å². The van der Waals surface area contributed by atoms with Crippen LogP contribution in [0.25, 0.3) is 0 Å². The number of benzene rings is 1. The molecule has 88 valence electrons. The van der Waals surface area contributed by atoms with Gasteiger partial charge in [-0.2, -0.15) is 0 Å². The molecule has 0 saturated carbocycles. The summed E-state index contributed by atoms with van der Waals surface area (Å²) in [7, 11) is 1.73. The van der Waals surface area contributed by atoms with Gasteiger partial charge in [0.2, 0.25) is 5.91 Å². The van der Waals surface area contributed by atoms with Gasteiger partial charge < -0.3 is 4.90 Å². The summed E-state index contributed by atoms with van der Waals surface area (Å²) in [4.78, 5) is 13.0. The van der Waals surface area contributed by atoms with Crippen molar-refractivity contribution >= 4 is 23.2 Å². The van der Waals surface area contributed by atoms with Gasteiger partial charge in [-0.25, -0.2) is 0 Å². The molecule has 0 aliphatic heterocycles. The number of amides is 1. The van der Waals surface area contributed by atoms with E-state index in [1.807, 2.05) is 24.3 Å². The van der Waals surface area contributed by atoms with E-state index in [4.69, 9.17) is 11.6 Å². The van der Waals surface area contributed by atoms with Gasteiger partial charge in [0.25, 0.3) is 0 Å². The number of carbonyl (C=O) groups excluding carboxylic acids is 1. The van der Waals surface area contributed by atoms with Crippen LogP contribution in [-0.4, -0.2) is 18.8 Å². The number of halogens is 1. The van der Waals surface area contributed by atoms with Gasteiger partial charge in [0.15, 0.2) is 0 Å². The van der Waals surface area contributed by atoms with Gasteiger partial charge in [0.05, 0.1) is 0 Å². The molecule has 0 atom stereocenters. The van der Waals surface area contributed by atoms with E-state index in [0.717, 1.165) is 5.69 Å². The van der Waals surface area contributed by atoms with Crippen LogP contribution in [0, 0.1) is 0 Å². The molecule has 3 heteroatoms. The first-order valence-corrected chi connectivity index (χ1v) is 5.83. The minimum atomic E-state index is -0.0924. The quantitative estimate of drug-likeness (QED) is 0.726. The molecule has 0 aromatic heterocycles. The number of alkyl halides is 1. The molecule has 0 N–H and O–H groups in total. The van der Waals surface area contributed by atoms with E-state index in [-0.39, 0.29) is 17.2 Å². The van der Waals surface area contributed by atoms with Crippen molar-refractivity contribution in [3.05, 3.63) is 29.8 Å². The van der Waals surface area contributed by atoms with Gasteiger partial charge in [-0.05, 0) is 23.1 Å². The summed E-state index contributed by atoms with van der Waals surface area (Å²) in [5.74, 6) is -0.0810. The first-order chi connectivity index (χ1) is 7.36. The fraction of sp³-hybridized carbons (Fsp3) is 0.462. The van der Waals surface area contributed by atoms with Crippen molar-refractivity contribution < 1.29 is 4.79 Å². The minimum Gasteiger partial charge on any atom is -0.314 e. The number of anilines is 1. The number of rotatable bonds is 2. The maximum atomic E-state index is 11.4. The molecule has 2 nitrogen and oxygen atoms in total. The first kappa shape index (κ1) is 13.0. The van der Waals surface area contributed by atoms with E-state index in [2.05, 4.69) is 20.8 Å². The predicted octanol–water partition coefficient (Wildman–Crippen LogP) is 3.19. The van der Waals surface area contributed by atoms with Crippen LogP contribution in [0.15, 0.2) is 24.3 Å². The maximum Gasteiger partial charge on any atom is 0.241 e. The zero-order chi connectivity index (χ0) is 12.3. The molecular formula is C13H18ClNO. The van der Waals surface area contributed by atoms with Crippen LogP contribution >= 0.6 is 11.6 Å². The van der Waals surface area contributed by atoms with Gasteiger partial charge >= 0.3 is 0 Å². The minimum absolute atomic E-state index is 0.0114. The van der Waals surface area contributed by atoms with Crippen LogP contribution in [0.4, 0.5) is 5.69 Å². The predicted molar refractivity (Wildman–Crippen MR) is 69.3 cm³/mol. The summed E-state index contributed by atoms with van der Waals surface area (Å²) in [6.07, 6.45) is 0. The lowest BCUT2D eigenvalue weighted by atomic mass is 9.87. The van der Waals surface area contributed by atoms with Crippen molar-refractivity contribution in [1.29, 1.82) is 0 Å². The Morgan fingerprint density at radius 2 is 1.75 bits per heavy atom. The number of hydrogen-bond acceptors (Lipinski definition) is 1. The third kappa shape index (κ3) is 2.99. The second-order valence-corrected chi connectivity index (χ2v) is 5.15. The highest BCUT2D eigenvalue weighted by molar-refractivity contribution is 6.29.